The summed E-state index contributed by atoms with van der Waals surface area (Å²) in [5.74, 6) is 0.221. The van der Waals surface area contributed by atoms with Crippen molar-refractivity contribution in [3.05, 3.63) is 0 Å². The molecular weight excluding hydrogens is 356 g/mol. The SMILES string of the molecule is CC(C)(C)OC(=O)N1CCC(N2CC(S(C)(=O)=O)OC2CCl)CC1. The van der Waals surface area contributed by atoms with Crippen LogP contribution >= 0.6 is 11.6 Å². The lowest BCUT2D eigenvalue weighted by Gasteiger charge is -2.38. The minimum absolute atomic E-state index is 0.152. The fourth-order valence-corrected chi connectivity index (χ4v) is 4.06. The van der Waals surface area contributed by atoms with Gasteiger partial charge in [-0.2, -0.15) is 0 Å². The van der Waals surface area contributed by atoms with Crippen molar-refractivity contribution in [2.75, 3.05) is 31.8 Å². The van der Waals surface area contributed by atoms with E-state index in [1.165, 1.54) is 6.26 Å². The number of alkyl halides is 1. The molecule has 9 heteroatoms. The van der Waals surface area contributed by atoms with Crippen LogP contribution in [0.1, 0.15) is 33.6 Å². The van der Waals surface area contributed by atoms with Gasteiger partial charge in [0.25, 0.3) is 0 Å². The number of halogens is 1. The van der Waals surface area contributed by atoms with E-state index in [9.17, 15) is 13.2 Å². The van der Waals surface area contributed by atoms with Crippen LogP contribution in [-0.2, 0) is 19.3 Å². The number of likely N-dealkylation sites (tertiary alicyclic amines) is 1. The van der Waals surface area contributed by atoms with Crippen molar-refractivity contribution in [2.24, 2.45) is 0 Å². The summed E-state index contributed by atoms with van der Waals surface area (Å²) in [5, 5.41) is 0. The van der Waals surface area contributed by atoms with Crippen molar-refractivity contribution in [2.45, 2.75) is 56.9 Å². The highest BCUT2D eigenvalue weighted by Crippen LogP contribution is 2.28. The van der Waals surface area contributed by atoms with Crippen molar-refractivity contribution in [1.82, 2.24) is 9.80 Å². The Labute approximate surface area is 149 Å². The Morgan fingerprint density at radius 3 is 2.33 bits per heavy atom. The molecule has 0 N–H and O–H groups in total. The van der Waals surface area contributed by atoms with Crippen molar-refractivity contribution >= 4 is 27.5 Å². The third kappa shape index (κ3) is 4.97. The monoisotopic (exact) mass is 382 g/mol. The van der Waals surface area contributed by atoms with Gasteiger partial charge < -0.3 is 14.4 Å². The Balaban J connectivity index is 1.93. The van der Waals surface area contributed by atoms with Crippen molar-refractivity contribution in [3.63, 3.8) is 0 Å². The maximum Gasteiger partial charge on any atom is 0.410 e. The maximum absolute atomic E-state index is 12.1. The fraction of sp³-hybridized carbons (Fsp3) is 0.933. The van der Waals surface area contributed by atoms with Gasteiger partial charge in [-0.1, -0.05) is 0 Å². The largest absolute Gasteiger partial charge is 0.444 e. The van der Waals surface area contributed by atoms with Crippen LogP contribution in [0.5, 0.6) is 0 Å². The van der Waals surface area contributed by atoms with Crippen LogP contribution in [0, 0.1) is 0 Å². The third-order valence-corrected chi connectivity index (χ3v) is 5.71. The van der Waals surface area contributed by atoms with Crippen molar-refractivity contribution < 1.29 is 22.7 Å². The minimum atomic E-state index is -3.27. The van der Waals surface area contributed by atoms with E-state index in [-0.39, 0.29) is 18.0 Å². The summed E-state index contributed by atoms with van der Waals surface area (Å²) in [4.78, 5) is 15.8. The second-order valence-corrected chi connectivity index (χ2v) is 9.89. The van der Waals surface area contributed by atoms with Crippen LogP contribution < -0.4 is 0 Å². The second kappa shape index (κ2) is 7.35. The van der Waals surface area contributed by atoms with E-state index >= 15 is 0 Å². The minimum Gasteiger partial charge on any atom is -0.444 e. The summed E-state index contributed by atoms with van der Waals surface area (Å²) in [6, 6.07) is 0.152. The van der Waals surface area contributed by atoms with Gasteiger partial charge in [0.2, 0.25) is 0 Å². The molecule has 2 saturated heterocycles. The number of rotatable bonds is 3. The zero-order chi connectivity index (χ0) is 18.1. The summed E-state index contributed by atoms with van der Waals surface area (Å²) < 4.78 is 34.4. The molecule has 2 rings (SSSR count). The number of hydrogen-bond acceptors (Lipinski definition) is 6. The molecule has 24 heavy (non-hydrogen) atoms. The van der Waals surface area contributed by atoms with E-state index in [1.807, 2.05) is 25.7 Å². The topological polar surface area (TPSA) is 76.2 Å². The van der Waals surface area contributed by atoms with Gasteiger partial charge in [-0.3, -0.25) is 4.90 Å². The smallest absolute Gasteiger partial charge is 0.410 e. The highest BCUT2D eigenvalue weighted by molar-refractivity contribution is 7.91. The Morgan fingerprint density at radius 1 is 1.29 bits per heavy atom. The summed E-state index contributed by atoms with van der Waals surface area (Å²) >= 11 is 5.94. The Morgan fingerprint density at radius 2 is 1.88 bits per heavy atom. The molecule has 0 aliphatic carbocycles. The van der Waals surface area contributed by atoms with Crippen LogP contribution in [0.3, 0.4) is 0 Å². The summed E-state index contributed by atoms with van der Waals surface area (Å²) in [5.41, 5.74) is -1.34. The number of nitrogens with zero attached hydrogens (tertiary/aromatic N) is 2. The van der Waals surface area contributed by atoms with E-state index in [1.54, 1.807) is 4.90 Å². The number of carbonyl (C=O) groups excluding carboxylic acids is 1. The zero-order valence-electron chi connectivity index (χ0n) is 14.7. The summed E-state index contributed by atoms with van der Waals surface area (Å²) in [6.45, 7) is 7.01. The van der Waals surface area contributed by atoms with Gasteiger partial charge in [-0.15, -0.1) is 11.6 Å². The maximum atomic E-state index is 12.1. The lowest BCUT2D eigenvalue weighted by molar-refractivity contribution is -0.00583. The average Bonchev–Trinajstić information content (AvgIpc) is 2.90. The molecule has 0 bridgehead atoms. The van der Waals surface area contributed by atoms with Crippen LogP contribution in [0.4, 0.5) is 4.79 Å². The van der Waals surface area contributed by atoms with Gasteiger partial charge in [0.05, 0.1) is 5.88 Å². The van der Waals surface area contributed by atoms with Crippen molar-refractivity contribution in [1.29, 1.82) is 0 Å². The predicted molar refractivity (Wildman–Crippen MR) is 91.8 cm³/mol. The number of carbonyl (C=O) groups is 1. The molecule has 0 saturated carbocycles. The molecule has 140 valence electrons. The number of sulfone groups is 1. The molecule has 0 radical (unpaired) electrons. The van der Waals surface area contributed by atoms with Gasteiger partial charge in [-0.05, 0) is 33.6 Å². The van der Waals surface area contributed by atoms with Gasteiger partial charge in [0.15, 0.2) is 15.3 Å². The zero-order valence-corrected chi connectivity index (χ0v) is 16.3. The third-order valence-electron chi connectivity index (χ3n) is 4.23. The molecule has 0 aromatic rings. The first kappa shape index (κ1) is 19.8. The van der Waals surface area contributed by atoms with Gasteiger partial charge in [0, 0.05) is 31.9 Å². The van der Waals surface area contributed by atoms with E-state index in [0.29, 0.717) is 19.6 Å². The highest BCUT2D eigenvalue weighted by atomic mass is 35.5. The molecule has 2 aliphatic rings. The average molecular weight is 383 g/mol. The lowest BCUT2D eigenvalue weighted by Crippen LogP contribution is -2.49. The number of amides is 1. The molecule has 2 fully saturated rings. The first-order valence-corrected chi connectivity index (χ1v) is 10.6. The molecule has 1 amide bonds. The molecule has 0 aromatic heterocycles. The molecule has 2 aliphatic heterocycles. The first-order chi connectivity index (χ1) is 11.0. The van der Waals surface area contributed by atoms with Crippen LogP contribution in [0.25, 0.3) is 0 Å². The molecule has 2 unspecified atom stereocenters. The van der Waals surface area contributed by atoms with Crippen LogP contribution in [-0.4, -0.2) is 79.4 Å². The molecule has 0 aromatic carbocycles. The lowest BCUT2D eigenvalue weighted by atomic mass is 10.0. The molecule has 2 heterocycles. The normalized spacial score (nSPS) is 27.5. The van der Waals surface area contributed by atoms with E-state index in [4.69, 9.17) is 21.1 Å². The number of hydrogen-bond donors (Lipinski definition) is 0. The number of ether oxygens (including phenoxy) is 2. The molecule has 7 nitrogen and oxygen atoms in total. The Bertz CT molecular complexity index is 555. The molecule has 0 spiro atoms. The summed E-state index contributed by atoms with van der Waals surface area (Å²) in [6.07, 6.45) is 1.96. The van der Waals surface area contributed by atoms with Gasteiger partial charge in [-0.25, -0.2) is 13.2 Å². The van der Waals surface area contributed by atoms with E-state index in [2.05, 4.69) is 0 Å². The van der Waals surface area contributed by atoms with Crippen LogP contribution in [0.15, 0.2) is 0 Å². The van der Waals surface area contributed by atoms with E-state index < -0.39 is 27.1 Å². The molecular formula is C15H27ClN2O5S. The van der Waals surface area contributed by atoms with Crippen molar-refractivity contribution in [3.8, 4) is 0 Å². The second-order valence-electron chi connectivity index (χ2n) is 7.40. The van der Waals surface area contributed by atoms with Gasteiger partial charge in [0.1, 0.15) is 11.8 Å². The fourth-order valence-electron chi connectivity index (χ4n) is 3.04. The number of piperidine rings is 1. The summed E-state index contributed by atoms with van der Waals surface area (Å²) in [7, 11) is -3.27. The molecule has 2 atom stereocenters. The Kier molecular flexibility index (Phi) is 6.05. The van der Waals surface area contributed by atoms with Gasteiger partial charge >= 0.3 is 6.09 Å². The Hall–Kier alpha value is -0.570. The quantitative estimate of drug-likeness (QED) is 0.691. The first-order valence-electron chi connectivity index (χ1n) is 8.15. The van der Waals surface area contributed by atoms with E-state index in [0.717, 1.165) is 12.8 Å². The highest BCUT2D eigenvalue weighted by Gasteiger charge is 2.42. The predicted octanol–water partition coefficient (Wildman–Crippen LogP) is 1.65. The van der Waals surface area contributed by atoms with Crippen LogP contribution in [0.2, 0.25) is 0 Å². The standard InChI is InChI=1S/C15H27ClN2O5S/c1-15(2,3)23-14(19)17-7-5-11(6-8-17)18-10-13(24(4,20)21)22-12(18)9-16/h11-13H,5-10H2,1-4H3.